The number of nitrogens with zero attached hydrogens (tertiary/aromatic N) is 3. The Morgan fingerprint density at radius 3 is 2.61 bits per heavy atom. The van der Waals surface area contributed by atoms with Crippen LogP contribution in [0, 0.1) is 17.7 Å². The zero-order chi connectivity index (χ0) is 23.2. The first-order valence-corrected chi connectivity index (χ1v) is 12.5. The molecule has 1 spiro atoms. The summed E-state index contributed by atoms with van der Waals surface area (Å²) in [6, 6.07) is 13.1. The lowest BCUT2D eigenvalue weighted by molar-refractivity contribution is -0.142. The molecule has 0 saturated carbocycles. The van der Waals surface area contributed by atoms with Crippen LogP contribution in [0.1, 0.15) is 30.9 Å². The minimum Gasteiger partial charge on any atom is -0.373 e. The summed E-state index contributed by atoms with van der Waals surface area (Å²) in [6.45, 7) is 7.44. The Kier molecular flexibility index (Phi) is 6.13. The van der Waals surface area contributed by atoms with Gasteiger partial charge in [-0.2, -0.15) is 0 Å². The van der Waals surface area contributed by atoms with Crippen molar-refractivity contribution in [3.05, 3.63) is 64.4 Å². The molecule has 3 aliphatic rings. The lowest BCUT2D eigenvalue weighted by atomic mass is 9.74. The molecule has 0 aromatic heterocycles. The molecule has 5 rings (SSSR count). The quantitative estimate of drug-likeness (QED) is 0.640. The monoisotopic (exact) mass is 469 g/mol. The second kappa shape index (κ2) is 8.92. The highest BCUT2D eigenvalue weighted by Gasteiger charge is 2.44. The van der Waals surface area contributed by atoms with E-state index in [0.717, 1.165) is 73.9 Å². The Morgan fingerprint density at radius 1 is 1.18 bits per heavy atom. The van der Waals surface area contributed by atoms with E-state index in [1.165, 1.54) is 0 Å². The van der Waals surface area contributed by atoms with Gasteiger partial charge in [-0.15, -0.1) is 0 Å². The first-order valence-electron chi connectivity index (χ1n) is 12.1. The summed E-state index contributed by atoms with van der Waals surface area (Å²) in [7, 11) is 2.10. The molecular weight excluding hydrogens is 437 g/mol. The van der Waals surface area contributed by atoms with Crippen molar-refractivity contribution < 1.29 is 9.18 Å². The van der Waals surface area contributed by atoms with E-state index in [-0.39, 0.29) is 23.1 Å². The minimum atomic E-state index is -0.153. The van der Waals surface area contributed by atoms with Crippen LogP contribution in [0.5, 0.6) is 0 Å². The summed E-state index contributed by atoms with van der Waals surface area (Å²) in [5, 5.41) is 0.734. The molecule has 0 N–H and O–H groups in total. The number of anilines is 1. The molecule has 6 heteroatoms. The second-order valence-corrected chi connectivity index (χ2v) is 10.8. The van der Waals surface area contributed by atoms with Gasteiger partial charge in [0, 0.05) is 49.4 Å². The predicted octanol–water partition coefficient (Wildman–Crippen LogP) is 4.60. The third kappa shape index (κ3) is 4.38. The lowest BCUT2D eigenvalue weighted by Gasteiger charge is -2.43. The van der Waals surface area contributed by atoms with E-state index in [4.69, 9.17) is 11.6 Å². The molecule has 1 unspecified atom stereocenters. The maximum Gasteiger partial charge on any atom is 0.227 e. The maximum atomic E-state index is 14.1. The Hall–Kier alpha value is -2.11. The SMILES string of the molecule is CC1CN(C(=O)C(Cc2ccccc2Cl)CN2CCC3(CC2)CN(C)c2ccc(F)cc23)C1. The Labute approximate surface area is 201 Å². The molecule has 3 aliphatic heterocycles. The van der Waals surface area contributed by atoms with Gasteiger partial charge >= 0.3 is 0 Å². The van der Waals surface area contributed by atoms with Gasteiger partial charge in [0.2, 0.25) is 5.91 Å². The molecular formula is C27H33ClFN3O. The van der Waals surface area contributed by atoms with Gasteiger partial charge in [0.15, 0.2) is 0 Å². The number of amides is 1. The highest BCUT2D eigenvalue weighted by molar-refractivity contribution is 6.31. The van der Waals surface area contributed by atoms with Crippen molar-refractivity contribution in [3.8, 4) is 0 Å². The van der Waals surface area contributed by atoms with Gasteiger partial charge in [0.1, 0.15) is 5.82 Å². The molecule has 2 fully saturated rings. The molecule has 1 atom stereocenters. The highest BCUT2D eigenvalue weighted by atomic mass is 35.5. The van der Waals surface area contributed by atoms with Crippen LogP contribution >= 0.6 is 11.6 Å². The second-order valence-electron chi connectivity index (χ2n) is 10.4. The van der Waals surface area contributed by atoms with Crippen LogP contribution in [0.2, 0.25) is 5.02 Å². The number of likely N-dealkylation sites (N-methyl/N-ethyl adjacent to an activating group) is 1. The molecule has 33 heavy (non-hydrogen) atoms. The molecule has 1 amide bonds. The number of hydrogen-bond donors (Lipinski definition) is 0. The number of rotatable bonds is 5. The lowest BCUT2D eigenvalue weighted by Crippen LogP contribution is -2.54. The number of halogens is 2. The summed E-state index contributed by atoms with van der Waals surface area (Å²) >= 11 is 6.45. The minimum absolute atomic E-state index is 0.0117. The van der Waals surface area contributed by atoms with E-state index in [0.29, 0.717) is 12.3 Å². The summed E-state index contributed by atoms with van der Waals surface area (Å²) in [5.41, 5.74) is 3.37. The number of carbonyl (C=O) groups is 1. The Bertz CT molecular complexity index is 1030. The van der Waals surface area contributed by atoms with Crippen molar-refractivity contribution in [2.45, 2.75) is 31.6 Å². The van der Waals surface area contributed by atoms with Crippen molar-refractivity contribution in [1.82, 2.24) is 9.80 Å². The van der Waals surface area contributed by atoms with Crippen LogP contribution in [0.25, 0.3) is 0 Å². The van der Waals surface area contributed by atoms with Gasteiger partial charge in [-0.05, 0) is 73.7 Å². The molecule has 0 aliphatic carbocycles. The normalized spacial score (nSPS) is 21.2. The van der Waals surface area contributed by atoms with E-state index in [1.54, 1.807) is 12.1 Å². The topological polar surface area (TPSA) is 26.8 Å². The van der Waals surface area contributed by atoms with Gasteiger partial charge in [-0.3, -0.25) is 4.79 Å². The number of fused-ring (bicyclic) bond motifs is 2. The van der Waals surface area contributed by atoms with Gasteiger partial charge < -0.3 is 14.7 Å². The third-order valence-corrected chi connectivity index (χ3v) is 8.29. The van der Waals surface area contributed by atoms with Gasteiger partial charge in [0.05, 0.1) is 5.92 Å². The fourth-order valence-electron chi connectivity index (χ4n) is 6.09. The molecule has 2 saturated heterocycles. The van der Waals surface area contributed by atoms with Crippen molar-refractivity contribution >= 4 is 23.2 Å². The summed E-state index contributed by atoms with van der Waals surface area (Å²) in [5.74, 6) is 0.591. The van der Waals surface area contributed by atoms with Crippen LogP contribution in [-0.4, -0.2) is 62.0 Å². The van der Waals surface area contributed by atoms with Crippen LogP contribution < -0.4 is 4.90 Å². The number of hydrogen-bond acceptors (Lipinski definition) is 3. The highest BCUT2D eigenvalue weighted by Crippen LogP contribution is 2.46. The third-order valence-electron chi connectivity index (χ3n) is 7.92. The Balaban J connectivity index is 1.29. The molecule has 3 heterocycles. The van der Waals surface area contributed by atoms with E-state index < -0.39 is 0 Å². The van der Waals surface area contributed by atoms with Gasteiger partial charge in [-0.25, -0.2) is 4.39 Å². The molecule has 4 nitrogen and oxygen atoms in total. The van der Waals surface area contributed by atoms with Gasteiger partial charge in [-0.1, -0.05) is 36.7 Å². The number of piperidine rings is 1. The van der Waals surface area contributed by atoms with Crippen molar-refractivity contribution in [2.75, 3.05) is 51.2 Å². The summed E-state index contributed by atoms with van der Waals surface area (Å²) < 4.78 is 14.1. The summed E-state index contributed by atoms with van der Waals surface area (Å²) in [4.78, 5) is 20.1. The van der Waals surface area contributed by atoms with Crippen molar-refractivity contribution in [3.63, 3.8) is 0 Å². The van der Waals surface area contributed by atoms with Crippen LogP contribution in [0.3, 0.4) is 0 Å². The molecule has 2 aromatic rings. The van der Waals surface area contributed by atoms with Crippen molar-refractivity contribution in [1.29, 1.82) is 0 Å². The van der Waals surface area contributed by atoms with E-state index in [9.17, 15) is 9.18 Å². The van der Waals surface area contributed by atoms with E-state index >= 15 is 0 Å². The molecule has 176 valence electrons. The first-order chi connectivity index (χ1) is 15.8. The summed E-state index contributed by atoms with van der Waals surface area (Å²) in [6.07, 6.45) is 2.64. The average Bonchev–Trinajstić information content (AvgIpc) is 3.04. The first kappa shape index (κ1) is 22.7. The maximum absolute atomic E-state index is 14.1. The number of likely N-dealkylation sites (tertiary alicyclic amines) is 2. The molecule has 0 radical (unpaired) electrons. The van der Waals surface area contributed by atoms with Crippen molar-refractivity contribution in [2.24, 2.45) is 11.8 Å². The predicted molar refractivity (Wildman–Crippen MR) is 131 cm³/mol. The fourth-order valence-corrected chi connectivity index (χ4v) is 6.30. The molecule has 2 aromatic carbocycles. The molecule has 0 bridgehead atoms. The zero-order valence-electron chi connectivity index (χ0n) is 19.6. The average molecular weight is 470 g/mol. The number of benzene rings is 2. The van der Waals surface area contributed by atoms with Crippen LogP contribution in [0.15, 0.2) is 42.5 Å². The standard InChI is InChI=1S/C27H33ClFN3O/c1-19-15-32(16-19)26(33)21(13-20-5-3-4-6-24(20)28)17-31-11-9-27(10-12-31)18-30(2)25-8-7-22(29)14-23(25)27/h3-8,14,19,21H,9-13,15-18H2,1-2H3. The largest absolute Gasteiger partial charge is 0.373 e. The zero-order valence-corrected chi connectivity index (χ0v) is 20.3. The van der Waals surface area contributed by atoms with E-state index in [1.807, 2.05) is 35.2 Å². The van der Waals surface area contributed by atoms with E-state index in [2.05, 4.69) is 23.8 Å². The van der Waals surface area contributed by atoms with Crippen LogP contribution in [0.4, 0.5) is 10.1 Å². The smallest absolute Gasteiger partial charge is 0.227 e. The van der Waals surface area contributed by atoms with Crippen LogP contribution in [-0.2, 0) is 16.6 Å². The number of carbonyl (C=O) groups excluding carboxylic acids is 1. The fraction of sp³-hybridized carbons (Fsp3) is 0.519. The Morgan fingerprint density at radius 2 is 1.91 bits per heavy atom. The van der Waals surface area contributed by atoms with Gasteiger partial charge in [0.25, 0.3) is 0 Å².